The predicted molar refractivity (Wildman–Crippen MR) is 92.4 cm³/mol. The summed E-state index contributed by atoms with van der Waals surface area (Å²) in [6.45, 7) is 3.98. The summed E-state index contributed by atoms with van der Waals surface area (Å²) in [6, 6.07) is 7.22. The van der Waals surface area contributed by atoms with E-state index in [4.69, 9.17) is 5.73 Å². The monoisotopic (exact) mass is 383 g/mol. The second-order valence-electron chi connectivity index (χ2n) is 4.80. The number of hydrogen-bond acceptors (Lipinski definition) is 4. The lowest BCUT2D eigenvalue weighted by Crippen LogP contribution is -2.17. The first-order valence-electron chi connectivity index (χ1n) is 6.93. The van der Waals surface area contributed by atoms with E-state index in [1.807, 2.05) is 32.0 Å². The van der Waals surface area contributed by atoms with Crippen LogP contribution in [0.15, 0.2) is 39.8 Å². The Morgan fingerprint density at radius 2 is 1.82 bits per heavy atom. The number of benzene rings is 1. The summed E-state index contributed by atoms with van der Waals surface area (Å²) in [5.41, 5.74) is 8.25. The normalized spacial score (nSPS) is 11.4. The fourth-order valence-corrected chi connectivity index (χ4v) is 3.94. The summed E-state index contributed by atoms with van der Waals surface area (Å²) < 4.78 is 28.5. The van der Waals surface area contributed by atoms with Crippen molar-refractivity contribution in [2.75, 3.05) is 10.5 Å². The summed E-state index contributed by atoms with van der Waals surface area (Å²) in [5.74, 6) is -0.0253. The molecule has 0 radical (unpaired) electrons. The largest absolute Gasteiger partial charge is 0.383 e. The number of hydrogen-bond donors (Lipinski definition) is 2. The Balaban J connectivity index is 2.52. The number of nitrogen functional groups attached to an aromatic ring is 1. The van der Waals surface area contributed by atoms with Gasteiger partial charge in [-0.3, -0.25) is 4.72 Å². The SMILES string of the molecule is CCc1cccc(CC)c1NS(=O)(=O)c1cc(Br)cnc1N. The van der Waals surface area contributed by atoms with Crippen LogP contribution in [0.2, 0.25) is 0 Å². The second-order valence-corrected chi connectivity index (χ2v) is 7.37. The van der Waals surface area contributed by atoms with Crippen LogP contribution < -0.4 is 10.5 Å². The zero-order valence-corrected chi connectivity index (χ0v) is 14.8. The van der Waals surface area contributed by atoms with E-state index in [0.29, 0.717) is 10.2 Å². The summed E-state index contributed by atoms with van der Waals surface area (Å²) in [7, 11) is -3.80. The van der Waals surface area contributed by atoms with Crippen molar-refractivity contribution in [3.63, 3.8) is 0 Å². The number of sulfonamides is 1. The quantitative estimate of drug-likeness (QED) is 0.828. The fourth-order valence-electron chi connectivity index (χ4n) is 2.21. The molecule has 5 nitrogen and oxygen atoms in total. The Morgan fingerprint density at radius 1 is 1.23 bits per heavy atom. The molecule has 0 saturated carbocycles. The maximum atomic E-state index is 12.7. The lowest BCUT2D eigenvalue weighted by atomic mass is 10.0. The maximum Gasteiger partial charge on any atom is 0.265 e. The average molecular weight is 384 g/mol. The lowest BCUT2D eigenvalue weighted by Gasteiger charge is -2.16. The summed E-state index contributed by atoms with van der Waals surface area (Å²) in [5, 5.41) is 0. The molecule has 0 aliphatic rings. The summed E-state index contributed by atoms with van der Waals surface area (Å²) in [4.78, 5) is 3.85. The number of nitrogens with two attached hydrogens (primary N) is 1. The van der Waals surface area contributed by atoms with Gasteiger partial charge in [-0.15, -0.1) is 0 Å². The minimum absolute atomic E-state index is 0.0253. The number of aryl methyl sites for hydroxylation is 2. The Hall–Kier alpha value is -1.60. The van der Waals surface area contributed by atoms with E-state index in [9.17, 15) is 8.42 Å². The third-order valence-corrected chi connectivity index (χ3v) is 5.19. The van der Waals surface area contributed by atoms with E-state index in [2.05, 4.69) is 25.6 Å². The Kier molecular flexibility index (Phi) is 5.08. The van der Waals surface area contributed by atoms with E-state index in [-0.39, 0.29) is 10.7 Å². The number of para-hydroxylation sites is 1. The number of anilines is 2. The molecule has 0 bridgehead atoms. The van der Waals surface area contributed by atoms with Crippen LogP contribution in [0.1, 0.15) is 25.0 Å². The number of halogens is 1. The standard InChI is InChI=1S/C15H18BrN3O2S/c1-3-10-6-5-7-11(4-2)14(10)19-22(20,21)13-8-12(16)9-18-15(13)17/h5-9,19H,3-4H2,1-2H3,(H2,17,18). The van der Waals surface area contributed by atoms with Gasteiger partial charge in [0, 0.05) is 10.7 Å². The van der Waals surface area contributed by atoms with Crippen LogP contribution in [0.3, 0.4) is 0 Å². The minimum Gasteiger partial charge on any atom is -0.383 e. The zero-order chi connectivity index (χ0) is 16.3. The molecule has 7 heteroatoms. The molecule has 0 saturated heterocycles. The molecule has 0 unspecified atom stereocenters. The summed E-state index contributed by atoms with van der Waals surface area (Å²) >= 11 is 3.22. The zero-order valence-electron chi connectivity index (χ0n) is 12.4. The highest BCUT2D eigenvalue weighted by Crippen LogP contribution is 2.28. The van der Waals surface area contributed by atoms with Crippen molar-refractivity contribution < 1.29 is 8.42 Å². The van der Waals surface area contributed by atoms with Crippen molar-refractivity contribution in [2.24, 2.45) is 0 Å². The van der Waals surface area contributed by atoms with Crippen molar-refractivity contribution >= 4 is 37.5 Å². The lowest BCUT2D eigenvalue weighted by molar-refractivity contribution is 0.601. The van der Waals surface area contributed by atoms with E-state index in [0.717, 1.165) is 24.0 Å². The Morgan fingerprint density at radius 3 is 2.36 bits per heavy atom. The van der Waals surface area contributed by atoms with E-state index >= 15 is 0 Å². The smallest absolute Gasteiger partial charge is 0.265 e. The van der Waals surface area contributed by atoms with Crippen LogP contribution in [-0.4, -0.2) is 13.4 Å². The van der Waals surface area contributed by atoms with Gasteiger partial charge in [-0.2, -0.15) is 0 Å². The molecule has 0 atom stereocenters. The van der Waals surface area contributed by atoms with Crippen LogP contribution >= 0.6 is 15.9 Å². The minimum atomic E-state index is -3.80. The molecule has 2 rings (SSSR count). The molecule has 1 heterocycles. The molecule has 0 amide bonds. The maximum absolute atomic E-state index is 12.7. The van der Waals surface area contributed by atoms with Gasteiger partial charge in [-0.05, 0) is 46.0 Å². The Labute approximate surface area is 139 Å². The van der Waals surface area contributed by atoms with Gasteiger partial charge in [0.15, 0.2) is 0 Å². The Bertz CT molecular complexity index is 769. The average Bonchev–Trinajstić information content (AvgIpc) is 2.49. The molecule has 118 valence electrons. The molecule has 0 aliphatic carbocycles. The van der Waals surface area contributed by atoms with Gasteiger partial charge in [-0.1, -0.05) is 32.0 Å². The molecule has 22 heavy (non-hydrogen) atoms. The van der Waals surface area contributed by atoms with Crippen LogP contribution in [-0.2, 0) is 22.9 Å². The van der Waals surface area contributed by atoms with E-state index < -0.39 is 10.0 Å². The van der Waals surface area contributed by atoms with Crippen molar-refractivity contribution in [3.05, 3.63) is 46.1 Å². The number of rotatable bonds is 5. The fraction of sp³-hybridized carbons (Fsp3) is 0.267. The second kappa shape index (κ2) is 6.66. The van der Waals surface area contributed by atoms with Gasteiger partial charge >= 0.3 is 0 Å². The first kappa shape index (κ1) is 16.8. The molecule has 0 spiro atoms. The highest BCUT2D eigenvalue weighted by atomic mass is 79.9. The predicted octanol–water partition coefficient (Wildman–Crippen LogP) is 3.35. The van der Waals surface area contributed by atoms with Gasteiger partial charge in [0.25, 0.3) is 10.0 Å². The first-order valence-corrected chi connectivity index (χ1v) is 9.21. The van der Waals surface area contributed by atoms with Crippen molar-refractivity contribution in [2.45, 2.75) is 31.6 Å². The van der Waals surface area contributed by atoms with Crippen LogP contribution in [0.25, 0.3) is 0 Å². The van der Waals surface area contributed by atoms with Gasteiger partial charge in [0.1, 0.15) is 10.7 Å². The summed E-state index contributed by atoms with van der Waals surface area (Å²) in [6.07, 6.45) is 2.93. The molecule has 1 aromatic heterocycles. The molecule has 3 N–H and O–H groups in total. The number of pyridine rings is 1. The molecule has 0 aliphatic heterocycles. The van der Waals surface area contributed by atoms with Crippen LogP contribution in [0.5, 0.6) is 0 Å². The number of aromatic nitrogens is 1. The van der Waals surface area contributed by atoms with Gasteiger partial charge in [-0.25, -0.2) is 13.4 Å². The molecular weight excluding hydrogens is 366 g/mol. The van der Waals surface area contributed by atoms with Crippen LogP contribution in [0, 0.1) is 0 Å². The molecular formula is C15H18BrN3O2S. The van der Waals surface area contributed by atoms with E-state index in [1.54, 1.807) is 0 Å². The highest BCUT2D eigenvalue weighted by Gasteiger charge is 2.21. The number of nitrogens with zero attached hydrogens (tertiary/aromatic N) is 1. The van der Waals surface area contributed by atoms with Gasteiger partial charge in [0.05, 0.1) is 5.69 Å². The highest BCUT2D eigenvalue weighted by molar-refractivity contribution is 9.10. The van der Waals surface area contributed by atoms with Crippen molar-refractivity contribution in [1.82, 2.24) is 4.98 Å². The topological polar surface area (TPSA) is 85.1 Å². The van der Waals surface area contributed by atoms with Crippen molar-refractivity contribution in [1.29, 1.82) is 0 Å². The third-order valence-electron chi connectivity index (χ3n) is 3.37. The molecule has 1 aromatic carbocycles. The van der Waals surface area contributed by atoms with Crippen LogP contribution in [0.4, 0.5) is 11.5 Å². The van der Waals surface area contributed by atoms with E-state index in [1.165, 1.54) is 12.3 Å². The number of nitrogens with one attached hydrogen (secondary N) is 1. The van der Waals surface area contributed by atoms with Gasteiger partial charge < -0.3 is 5.73 Å². The van der Waals surface area contributed by atoms with Crippen molar-refractivity contribution in [3.8, 4) is 0 Å². The van der Waals surface area contributed by atoms with Gasteiger partial charge in [0.2, 0.25) is 0 Å². The molecule has 2 aromatic rings. The third kappa shape index (κ3) is 3.41. The first-order chi connectivity index (χ1) is 10.4. The molecule has 0 fully saturated rings.